The van der Waals surface area contributed by atoms with Gasteiger partial charge in [-0.05, 0) is 55.8 Å². The zero-order valence-electron chi connectivity index (χ0n) is 18.0. The average Bonchev–Trinajstić information content (AvgIpc) is 2.80. The van der Waals surface area contributed by atoms with E-state index in [0.717, 1.165) is 51.6 Å². The van der Waals surface area contributed by atoms with Gasteiger partial charge in [-0.3, -0.25) is 4.90 Å². The molecule has 162 valence electrons. The highest BCUT2D eigenvalue weighted by Crippen LogP contribution is 2.18. The number of aliphatic hydroxyl groups excluding tert-OH is 1. The molecule has 0 bridgehead atoms. The van der Waals surface area contributed by atoms with Crippen molar-refractivity contribution in [3.8, 4) is 5.75 Å². The molecule has 2 aromatic rings. The first-order chi connectivity index (χ1) is 14.8. The van der Waals surface area contributed by atoms with Gasteiger partial charge in [-0.15, -0.1) is 0 Å². The van der Waals surface area contributed by atoms with Gasteiger partial charge in [0.2, 0.25) is 0 Å². The van der Waals surface area contributed by atoms with Crippen molar-refractivity contribution in [2.75, 3.05) is 57.3 Å². The van der Waals surface area contributed by atoms with Crippen LogP contribution in [0.15, 0.2) is 54.6 Å². The number of piperidine rings is 1. The topological polar surface area (TPSA) is 39.2 Å². The van der Waals surface area contributed by atoms with Crippen molar-refractivity contribution in [1.29, 1.82) is 0 Å². The number of likely N-dealkylation sites (tertiary alicyclic amines) is 1. The van der Waals surface area contributed by atoms with Crippen LogP contribution in [0.3, 0.4) is 0 Å². The number of anilines is 1. The Labute approximate surface area is 180 Å². The molecule has 1 atom stereocenters. The molecule has 4 rings (SSSR count). The van der Waals surface area contributed by atoms with E-state index < -0.39 is 6.10 Å². The second-order valence-corrected chi connectivity index (χ2v) is 8.57. The first-order valence-corrected chi connectivity index (χ1v) is 11.4. The number of aliphatic hydroxyl groups is 1. The van der Waals surface area contributed by atoms with Gasteiger partial charge in [0, 0.05) is 45.0 Å². The highest BCUT2D eigenvalue weighted by Gasteiger charge is 2.17. The van der Waals surface area contributed by atoms with E-state index in [2.05, 4.69) is 57.2 Å². The minimum absolute atomic E-state index is 0.358. The standard InChI is InChI=1S/C25H35N3O2/c29-24(20-26-13-5-2-6-14-26)21-30-25-11-9-22(10-12-25)19-27-15-17-28(18-16-27)23-7-3-1-4-8-23/h1,3-4,7-12,24,29H,2,5-6,13-21H2/t24-/m0/s1. The van der Waals surface area contributed by atoms with E-state index in [1.165, 1.54) is 30.5 Å². The van der Waals surface area contributed by atoms with Crippen LogP contribution >= 0.6 is 0 Å². The smallest absolute Gasteiger partial charge is 0.119 e. The zero-order chi connectivity index (χ0) is 20.6. The van der Waals surface area contributed by atoms with Gasteiger partial charge in [0.15, 0.2) is 0 Å². The van der Waals surface area contributed by atoms with Crippen molar-refractivity contribution < 1.29 is 9.84 Å². The predicted molar refractivity (Wildman–Crippen MR) is 122 cm³/mol. The Morgan fingerprint density at radius 1 is 0.767 bits per heavy atom. The molecular weight excluding hydrogens is 374 g/mol. The molecule has 2 aliphatic rings. The fourth-order valence-electron chi connectivity index (χ4n) is 4.44. The molecule has 0 radical (unpaired) electrons. The quantitative estimate of drug-likeness (QED) is 0.725. The number of β-amino-alcohol motifs (C(OH)–C–C–N with tert-alkyl or cyclic N) is 1. The molecular formula is C25H35N3O2. The minimum atomic E-state index is -0.427. The summed E-state index contributed by atoms with van der Waals surface area (Å²) in [5, 5.41) is 10.3. The van der Waals surface area contributed by atoms with Crippen molar-refractivity contribution in [3.63, 3.8) is 0 Å². The van der Waals surface area contributed by atoms with E-state index in [-0.39, 0.29) is 0 Å². The third-order valence-corrected chi connectivity index (χ3v) is 6.18. The van der Waals surface area contributed by atoms with Gasteiger partial charge in [0.05, 0.1) is 0 Å². The molecule has 0 aliphatic carbocycles. The Kier molecular flexibility index (Phi) is 7.62. The number of rotatable bonds is 8. The van der Waals surface area contributed by atoms with Crippen molar-refractivity contribution in [2.45, 2.75) is 31.9 Å². The lowest BCUT2D eigenvalue weighted by Gasteiger charge is -2.36. The summed E-state index contributed by atoms with van der Waals surface area (Å²) >= 11 is 0. The number of ether oxygens (including phenoxy) is 1. The lowest BCUT2D eigenvalue weighted by Crippen LogP contribution is -2.45. The van der Waals surface area contributed by atoms with E-state index in [4.69, 9.17) is 4.74 Å². The van der Waals surface area contributed by atoms with Crippen LogP contribution < -0.4 is 9.64 Å². The maximum Gasteiger partial charge on any atom is 0.119 e. The average molecular weight is 410 g/mol. The van der Waals surface area contributed by atoms with Crippen molar-refractivity contribution in [1.82, 2.24) is 9.80 Å². The maximum atomic E-state index is 10.3. The van der Waals surface area contributed by atoms with Crippen molar-refractivity contribution >= 4 is 5.69 Å². The Bertz CT molecular complexity index is 739. The second kappa shape index (κ2) is 10.8. The van der Waals surface area contributed by atoms with E-state index >= 15 is 0 Å². The van der Waals surface area contributed by atoms with Gasteiger partial charge in [-0.25, -0.2) is 0 Å². The molecule has 2 saturated heterocycles. The Hall–Kier alpha value is -2.08. The van der Waals surface area contributed by atoms with Crippen LogP contribution in [-0.2, 0) is 6.54 Å². The third kappa shape index (κ3) is 6.21. The molecule has 5 heteroatoms. The summed E-state index contributed by atoms with van der Waals surface area (Å²) in [5.41, 5.74) is 2.63. The molecule has 2 fully saturated rings. The largest absolute Gasteiger partial charge is 0.491 e. The molecule has 30 heavy (non-hydrogen) atoms. The molecule has 2 aromatic carbocycles. The summed E-state index contributed by atoms with van der Waals surface area (Å²) in [6, 6.07) is 19.0. The molecule has 0 saturated carbocycles. The maximum absolute atomic E-state index is 10.3. The summed E-state index contributed by atoms with van der Waals surface area (Å²) in [4.78, 5) is 7.32. The summed E-state index contributed by atoms with van der Waals surface area (Å²) in [5.74, 6) is 0.838. The molecule has 2 aliphatic heterocycles. The molecule has 0 unspecified atom stereocenters. The molecule has 0 amide bonds. The number of hydrogen-bond acceptors (Lipinski definition) is 5. The molecule has 1 N–H and O–H groups in total. The van der Waals surface area contributed by atoms with Crippen molar-refractivity contribution in [3.05, 3.63) is 60.2 Å². The first-order valence-electron chi connectivity index (χ1n) is 11.4. The van der Waals surface area contributed by atoms with Crippen molar-refractivity contribution in [2.24, 2.45) is 0 Å². The Balaban J connectivity index is 1.18. The Morgan fingerprint density at radius 2 is 1.47 bits per heavy atom. The second-order valence-electron chi connectivity index (χ2n) is 8.57. The van der Waals surface area contributed by atoms with Crippen LogP contribution in [0.1, 0.15) is 24.8 Å². The normalized spacial score (nSPS) is 19.6. The first kappa shape index (κ1) is 21.2. The number of nitrogens with zero attached hydrogens (tertiary/aromatic N) is 3. The summed E-state index contributed by atoms with van der Waals surface area (Å²) in [6.07, 6.45) is 3.38. The van der Waals surface area contributed by atoms with Gasteiger partial charge in [-0.2, -0.15) is 0 Å². The predicted octanol–water partition coefficient (Wildman–Crippen LogP) is 3.23. The number of piperazine rings is 1. The molecule has 2 heterocycles. The zero-order valence-corrected chi connectivity index (χ0v) is 18.0. The van der Waals surface area contributed by atoms with Crippen LogP contribution in [0.2, 0.25) is 0 Å². The SMILES string of the molecule is O[C@H](COc1ccc(CN2CCN(c3ccccc3)CC2)cc1)CN1CCCCC1. The van der Waals surface area contributed by atoms with Gasteiger partial charge < -0.3 is 19.6 Å². The highest BCUT2D eigenvalue weighted by atomic mass is 16.5. The monoisotopic (exact) mass is 409 g/mol. The van der Waals surface area contributed by atoms with Gasteiger partial charge in [0.1, 0.15) is 18.5 Å². The van der Waals surface area contributed by atoms with Gasteiger partial charge in [0.25, 0.3) is 0 Å². The van der Waals surface area contributed by atoms with Crippen LogP contribution in [0.5, 0.6) is 5.75 Å². The molecule has 0 spiro atoms. The number of hydrogen-bond donors (Lipinski definition) is 1. The fraction of sp³-hybridized carbons (Fsp3) is 0.520. The van der Waals surface area contributed by atoms with Crippen LogP contribution in [0.4, 0.5) is 5.69 Å². The lowest BCUT2D eigenvalue weighted by molar-refractivity contribution is 0.0617. The van der Waals surface area contributed by atoms with Gasteiger partial charge >= 0.3 is 0 Å². The number of para-hydroxylation sites is 1. The molecule has 5 nitrogen and oxygen atoms in total. The van der Waals surface area contributed by atoms with Gasteiger partial charge in [-0.1, -0.05) is 36.8 Å². The fourth-order valence-corrected chi connectivity index (χ4v) is 4.44. The van der Waals surface area contributed by atoms with Crippen LogP contribution in [0, 0.1) is 0 Å². The van der Waals surface area contributed by atoms with E-state index in [9.17, 15) is 5.11 Å². The lowest BCUT2D eigenvalue weighted by atomic mass is 10.1. The van der Waals surface area contributed by atoms with E-state index in [0.29, 0.717) is 13.2 Å². The highest BCUT2D eigenvalue weighted by molar-refractivity contribution is 5.46. The van der Waals surface area contributed by atoms with E-state index in [1.807, 2.05) is 12.1 Å². The minimum Gasteiger partial charge on any atom is -0.491 e. The third-order valence-electron chi connectivity index (χ3n) is 6.18. The summed E-state index contributed by atoms with van der Waals surface area (Å²) in [7, 11) is 0. The van der Waals surface area contributed by atoms with Crippen LogP contribution in [-0.4, -0.2) is 73.4 Å². The molecule has 0 aromatic heterocycles. The number of benzene rings is 2. The Morgan fingerprint density at radius 3 is 2.17 bits per heavy atom. The summed E-state index contributed by atoms with van der Waals surface area (Å²) < 4.78 is 5.82. The van der Waals surface area contributed by atoms with E-state index in [1.54, 1.807) is 0 Å². The summed E-state index contributed by atoms with van der Waals surface area (Å²) in [6.45, 7) is 8.55. The van der Waals surface area contributed by atoms with Crippen LogP contribution in [0.25, 0.3) is 0 Å².